The molecule has 15 heteroatoms. The molecule has 196 valence electrons. The van der Waals surface area contributed by atoms with Gasteiger partial charge in [0.15, 0.2) is 11.6 Å². The maximum Gasteiger partial charge on any atom is 0.317 e. The van der Waals surface area contributed by atoms with E-state index in [1.807, 2.05) is 4.90 Å². The molecule has 36 heavy (non-hydrogen) atoms. The average molecular weight is 512 g/mol. The van der Waals surface area contributed by atoms with Crippen molar-refractivity contribution in [3.63, 3.8) is 0 Å². The van der Waals surface area contributed by atoms with E-state index in [-0.39, 0.29) is 55.1 Å². The highest BCUT2D eigenvalue weighted by Gasteiger charge is 2.41. The quantitative estimate of drug-likeness (QED) is 0.398. The topological polar surface area (TPSA) is 155 Å². The van der Waals surface area contributed by atoms with Crippen LogP contribution in [0.1, 0.15) is 12.8 Å². The number of nitrogens with two attached hydrogens (primary N) is 1. The summed E-state index contributed by atoms with van der Waals surface area (Å²) in [6.07, 6.45) is 0.541. The van der Waals surface area contributed by atoms with E-state index in [9.17, 15) is 18.7 Å². The minimum Gasteiger partial charge on any atom is -0.396 e. The maximum atomic E-state index is 15.8. The summed E-state index contributed by atoms with van der Waals surface area (Å²) in [5.41, 5.74) is 4.87. The molecule has 12 nitrogen and oxygen atoms in total. The van der Waals surface area contributed by atoms with Crippen molar-refractivity contribution < 1.29 is 27.8 Å². The number of hydrogen-bond acceptors (Lipinski definition) is 10. The number of carbonyl (C=O) groups excluding carboxylic acids is 1. The second-order valence-electron chi connectivity index (χ2n) is 8.59. The van der Waals surface area contributed by atoms with Crippen LogP contribution in [0.2, 0.25) is 0 Å². The number of aromatic nitrogens is 4. The first kappa shape index (κ1) is 25.6. The summed E-state index contributed by atoms with van der Waals surface area (Å²) >= 11 is 0. The number of nitrogen functional groups attached to an aromatic ring is 1. The van der Waals surface area contributed by atoms with Crippen molar-refractivity contribution in [3.8, 4) is 11.3 Å². The zero-order valence-electron chi connectivity index (χ0n) is 19.5. The number of nitrogens with one attached hydrogen (secondary N) is 2. The molecule has 4 rings (SSSR count). The van der Waals surface area contributed by atoms with Crippen LogP contribution < -0.4 is 21.3 Å². The minimum atomic E-state index is -2.68. The number of halogens is 3. The summed E-state index contributed by atoms with van der Waals surface area (Å²) in [5, 5.41) is 15.0. The highest BCUT2D eigenvalue weighted by Crippen LogP contribution is 2.33. The molecule has 0 saturated carbocycles. The molecule has 2 aliphatic rings. The van der Waals surface area contributed by atoms with Crippen LogP contribution in [0.3, 0.4) is 0 Å². The maximum absolute atomic E-state index is 15.8. The fraction of sp³-hybridized carbons (Fsp3) is 0.571. The third-order valence-electron chi connectivity index (χ3n) is 6.10. The van der Waals surface area contributed by atoms with Gasteiger partial charge in [-0.25, -0.2) is 32.9 Å². The van der Waals surface area contributed by atoms with Gasteiger partial charge in [0, 0.05) is 50.7 Å². The molecule has 0 aromatic carbocycles. The van der Waals surface area contributed by atoms with E-state index in [4.69, 9.17) is 10.5 Å². The summed E-state index contributed by atoms with van der Waals surface area (Å²) in [5.74, 6) is -0.601. The number of alkyl halides is 2. The van der Waals surface area contributed by atoms with Crippen LogP contribution >= 0.6 is 0 Å². The van der Waals surface area contributed by atoms with Gasteiger partial charge in [0.05, 0.1) is 25.3 Å². The van der Waals surface area contributed by atoms with E-state index in [0.29, 0.717) is 32.7 Å². The lowest BCUT2D eigenvalue weighted by molar-refractivity contribution is 0.122. The highest BCUT2D eigenvalue weighted by molar-refractivity contribution is 5.75. The van der Waals surface area contributed by atoms with E-state index in [1.165, 1.54) is 17.3 Å². The smallest absolute Gasteiger partial charge is 0.317 e. The number of ether oxygens (including phenoxy) is 1. The Labute approximate surface area is 205 Å². The molecular weight excluding hydrogens is 483 g/mol. The number of urea groups is 1. The molecule has 0 aliphatic carbocycles. The number of carbonyl (C=O) groups is 1. The predicted octanol–water partition coefficient (Wildman–Crippen LogP) is 0.705. The van der Waals surface area contributed by atoms with E-state index >= 15 is 4.39 Å². The second-order valence-corrected chi connectivity index (χ2v) is 8.59. The van der Waals surface area contributed by atoms with Crippen LogP contribution in [-0.4, -0.2) is 100 Å². The lowest BCUT2D eigenvalue weighted by atomic mass is 9.94. The lowest BCUT2D eigenvalue weighted by Gasteiger charge is -2.32. The molecule has 2 amide bonds. The third kappa shape index (κ3) is 5.84. The Morgan fingerprint density at radius 3 is 2.61 bits per heavy atom. The number of aliphatic hydroxyl groups is 1. The van der Waals surface area contributed by atoms with Crippen molar-refractivity contribution in [1.82, 2.24) is 30.2 Å². The number of anilines is 3. The molecular formula is C21H28F3N9O3. The Bertz CT molecular complexity index is 1060. The second kappa shape index (κ2) is 11.1. The monoisotopic (exact) mass is 511 g/mol. The molecule has 1 atom stereocenters. The Balaban J connectivity index is 1.66. The zero-order chi connectivity index (χ0) is 25.7. The Hall–Kier alpha value is -3.46. The van der Waals surface area contributed by atoms with Gasteiger partial charge in [-0.1, -0.05) is 0 Å². The van der Waals surface area contributed by atoms with Crippen LogP contribution in [0, 0.1) is 5.82 Å². The van der Waals surface area contributed by atoms with Gasteiger partial charge in [-0.3, -0.25) is 0 Å². The number of morpholine rings is 1. The fourth-order valence-electron chi connectivity index (χ4n) is 4.23. The number of aliphatic hydroxyl groups excluding tert-OH is 1. The summed E-state index contributed by atoms with van der Waals surface area (Å²) in [7, 11) is 0. The first-order valence-electron chi connectivity index (χ1n) is 11.5. The van der Waals surface area contributed by atoms with Gasteiger partial charge < -0.3 is 36.0 Å². The molecule has 0 radical (unpaired) electrons. The molecule has 2 aliphatic heterocycles. The average Bonchev–Trinajstić information content (AvgIpc) is 3.29. The summed E-state index contributed by atoms with van der Waals surface area (Å²) in [6, 6.07) is -0.659. The fourth-order valence-corrected chi connectivity index (χ4v) is 4.23. The van der Waals surface area contributed by atoms with Gasteiger partial charge in [-0.05, 0) is 12.8 Å². The number of hydrogen-bond donors (Lipinski definition) is 4. The van der Waals surface area contributed by atoms with Gasteiger partial charge in [0.25, 0.3) is 6.43 Å². The summed E-state index contributed by atoms with van der Waals surface area (Å²) in [4.78, 5) is 32.2. The van der Waals surface area contributed by atoms with Gasteiger partial charge in [-0.2, -0.15) is 4.98 Å². The molecule has 4 heterocycles. The van der Waals surface area contributed by atoms with Crippen LogP contribution in [0.15, 0.2) is 12.4 Å². The molecule has 2 aromatic rings. The van der Waals surface area contributed by atoms with Gasteiger partial charge in [0.2, 0.25) is 11.9 Å². The standard InChI is InChI=1S/C21H28F3N9O3/c22-14(23)11-28-20(35)33-3-1-21(12-33,2-6-34)31-17-15(24)16(13-9-26-18(25)27-10-13)29-19(30-17)32-4-7-36-8-5-32/h9-10,14,34H,1-8,11-12H2,(H,28,35)(H2,25,26,27)(H,29,30,31)/t21-/m1/s1. The van der Waals surface area contributed by atoms with Crippen molar-refractivity contribution in [1.29, 1.82) is 0 Å². The van der Waals surface area contributed by atoms with Crippen molar-refractivity contribution in [3.05, 3.63) is 18.2 Å². The van der Waals surface area contributed by atoms with Gasteiger partial charge in [0.1, 0.15) is 5.69 Å². The first-order chi connectivity index (χ1) is 17.3. The lowest BCUT2D eigenvalue weighted by Crippen LogP contribution is -2.46. The molecule has 2 fully saturated rings. The van der Waals surface area contributed by atoms with E-state index < -0.39 is 30.4 Å². The van der Waals surface area contributed by atoms with Crippen molar-refractivity contribution in [2.24, 2.45) is 0 Å². The summed E-state index contributed by atoms with van der Waals surface area (Å²) in [6.45, 7) is 1.18. The Morgan fingerprint density at radius 2 is 1.94 bits per heavy atom. The number of nitrogens with zero attached hydrogens (tertiary/aromatic N) is 6. The zero-order valence-corrected chi connectivity index (χ0v) is 19.5. The molecule has 5 N–H and O–H groups in total. The Morgan fingerprint density at radius 1 is 1.22 bits per heavy atom. The molecule has 0 bridgehead atoms. The normalized spacial score (nSPS) is 20.1. The van der Waals surface area contributed by atoms with Crippen LogP contribution in [-0.2, 0) is 4.74 Å². The number of amides is 2. The van der Waals surface area contributed by atoms with E-state index in [1.54, 1.807) is 0 Å². The predicted molar refractivity (Wildman–Crippen MR) is 124 cm³/mol. The molecule has 2 saturated heterocycles. The first-order valence-corrected chi connectivity index (χ1v) is 11.5. The highest BCUT2D eigenvalue weighted by atomic mass is 19.3. The number of rotatable bonds is 8. The van der Waals surface area contributed by atoms with Crippen LogP contribution in [0.25, 0.3) is 11.3 Å². The number of likely N-dealkylation sites (tertiary alicyclic amines) is 1. The van der Waals surface area contributed by atoms with E-state index in [0.717, 1.165) is 0 Å². The summed E-state index contributed by atoms with van der Waals surface area (Å²) < 4.78 is 46.2. The molecule has 0 spiro atoms. The Kier molecular flexibility index (Phi) is 7.88. The largest absolute Gasteiger partial charge is 0.396 e. The van der Waals surface area contributed by atoms with Crippen LogP contribution in [0.4, 0.5) is 35.7 Å². The third-order valence-corrected chi connectivity index (χ3v) is 6.10. The van der Waals surface area contributed by atoms with Crippen molar-refractivity contribution in [2.45, 2.75) is 24.8 Å². The van der Waals surface area contributed by atoms with Crippen molar-refractivity contribution in [2.75, 3.05) is 68.5 Å². The molecule has 0 unspecified atom stereocenters. The minimum absolute atomic E-state index is 0.0260. The van der Waals surface area contributed by atoms with Crippen molar-refractivity contribution >= 4 is 23.7 Å². The van der Waals surface area contributed by atoms with Crippen LogP contribution in [0.5, 0.6) is 0 Å². The van der Waals surface area contributed by atoms with E-state index in [2.05, 4.69) is 30.6 Å². The van der Waals surface area contributed by atoms with Gasteiger partial charge in [-0.15, -0.1) is 0 Å². The molecule has 2 aromatic heterocycles. The SMILES string of the molecule is Nc1ncc(-c2nc(N3CCOCC3)nc(N[C@@]3(CCO)CCN(C(=O)NCC(F)F)C3)c2F)cn1. The van der Waals surface area contributed by atoms with Gasteiger partial charge >= 0.3 is 6.03 Å².